The summed E-state index contributed by atoms with van der Waals surface area (Å²) in [7, 11) is 3.30. The van der Waals surface area contributed by atoms with Crippen LogP contribution in [0.25, 0.3) is 0 Å². The van der Waals surface area contributed by atoms with Crippen molar-refractivity contribution in [2.24, 2.45) is 11.8 Å². The lowest BCUT2D eigenvalue weighted by atomic mass is 10.2. The fraction of sp³-hybridized carbons (Fsp3) is 0.692. The van der Waals surface area contributed by atoms with Crippen LogP contribution < -0.4 is 16.2 Å². The number of anilines is 2. The van der Waals surface area contributed by atoms with Crippen LogP contribution in [-0.2, 0) is 16.1 Å². The topological polar surface area (TPSA) is 85.5 Å². The summed E-state index contributed by atoms with van der Waals surface area (Å²) >= 11 is 0. The molecular weight excluding hydrogens is 258 g/mol. The fourth-order valence-electron chi connectivity index (χ4n) is 1.85. The van der Waals surface area contributed by atoms with Gasteiger partial charge in [0, 0.05) is 33.4 Å². The average molecular weight is 283 g/mol. The number of rotatable bonds is 9. The van der Waals surface area contributed by atoms with E-state index in [1.165, 1.54) is 0 Å². The van der Waals surface area contributed by atoms with Crippen LogP contribution in [0.2, 0.25) is 0 Å². The number of nitrogen functional groups attached to an aromatic ring is 1. The zero-order valence-electron chi connectivity index (χ0n) is 12.7. The molecule has 0 aliphatic carbocycles. The van der Waals surface area contributed by atoms with E-state index < -0.39 is 0 Å². The Morgan fingerprint density at radius 3 is 2.60 bits per heavy atom. The highest BCUT2D eigenvalue weighted by Crippen LogP contribution is 2.17. The van der Waals surface area contributed by atoms with Gasteiger partial charge in [-0.15, -0.1) is 0 Å². The molecule has 0 radical (unpaired) electrons. The molecule has 0 amide bonds. The van der Waals surface area contributed by atoms with E-state index in [0.717, 1.165) is 18.9 Å². The predicted molar refractivity (Wildman–Crippen MR) is 79.5 cm³/mol. The molecule has 1 heterocycles. The number of nitrogens with one attached hydrogen (secondary N) is 1. The first-order chi connectivity index (χ1) is 9.60. The fourth-order valence-corrected chi connectivity index (χ4v) is 1.85. The van der Waals surface area contributed by atoms with Gasteiger partial charge in [-0.1, -0.05) is 13.8 Å². The maximum atomic E-state index is 5.46. The van der Waals surface area contributed by atoms with Gasteiger partial charge in [0.05, 0.1) is 6.61 Å². The minimum atomic E-state index is 0.350. The lowest BCUT2D eigenvalue weighted by molar-refractivity contribution is 0.178. The largest absolute Gasteiger partial charge is 0.383 e. The van der Waals surface area contributed by atoms with Crippen LogP contribution >= 0.6 is 0 Å². The van der Waals surface area contributed by atoms with Crippen molar-refractivity contribution in [2.45, 2.75) is 20.5 Å². The van der Waals surface area contributed by atoms with Crippen LogP contribution in [0.3, 0.4) is 0 Å². The summed E-state index contributed by atoms with van der Waals surface area (Å²) in [6.07, 6.45) is 0. The lowest BCUT2D eigenvalue weighted by Crippen LogP contribution is -2.32. The zero-order chi connectivity index (χ0) is 15.0. The van der Waals surface area contributed by atoms with Crippen molar-refractivity contribution in [1.82, 2.24) is 9.97 Å². The Bertz CT molecular complexity index is 400. The molecule has 3 N–H and O–H groups in total. The number of aromatic nitrogens is 2. The van der Waals surface area contributed by atoms with Crippen molar-refractivity contribution < 1.29 is 9.47 Å². The van der Waals surface area contributed by atoms with Crippen molar-refractivity contribution >= 4 is 11.6 Å². The number of ether oxygens (including phenoxy) is 2. The van der Waals surface area contributed by atoms with E-state index in [9.17, 15) is 0 Å². The third-order valence-electron chi connectivity index (χ3n) is 2.66. The molecule has 7 heteroatoms. The Kier molecular flexibility index (Phi) is 7.21. The molecule has 0 unspecified atom stereocenters. The molecule has 0 aliphatic heterocycles. The van der Waals surface area contributed by atoms with Gasteiger partial charge in [-0.25, -0.2) is 15.8 Å². The van der Waals surface area contributed by atoms with E-state index in [2.05, 4.69) is 34.1 Å². The monoisotopic (exact) mass is 283 g/mol. The molecule has 0 saturated carbocycles. The van der Waals surface area contributed by atoms with E-state index in [0.29, 0.717) is 30.8 Å². The standard InChI is InChI=1S/C13H25N5O2/c1-10(2)8-18(5-6-19-3)13-7-11(17-14)15-12(16-13)9-20-4/h7,10H,5-6,8-9,14H2,1-4H3,(H,15,16,17). The van der Waals surface area contributed by atoms with Crippen LogP contribution in [0.5, 0.6) is 0 Å². The maximum absolute atomic E-state index is 5.46. The van der Waals surface area contributed by atoms with E-state index in [1.54, 1.807) is 14.2 Å². The highest BCUT2D eigenvalue weighted by molar-refractivity contribution is 5.49. The first-order valence-electron chi connectivity index (χ1n) is 6.68. The molecule has 0 saturated heterocycles. The van der Waals surface area contributed by atoms with Crippen molar-refractivity contribution in [2.75, 3.05) is 44.2 Å². The second kappa shape index (κ2) is 8.68. The van der Waals surface area contributed by atoms with Gasteiger partial charge in [-0.2, -0.15) is 0 Å². The number of hydrazine groups is 1. The molecule has 0 aliphatic rings. The average Bonchev–Trinajstić information content (AvgIpc) is 2.43. The number of nitrogens with zero attached hydrogens (tertiary/aromatic N) is 3. The van der Waals surface area contributed by atoms with Gasteiger partial charge in [0.1, 0.15) is 18.2 Å². The normalized spacial score (nSPS) is 10.9. The van der Waals surface area contributed by atoms with Crippen molar-refractivity contribution in [3.8, 4) is 0 Å². The highest BCUT2D eigenvalue weighted by Gasteiger charge is 2.13. The minimum absolute atomic E-state index is 0.350. The van der Waals surface area contributed by atoms with Crippen LogP contribution in [-0.4, -0.2) is 43.9 Å². The molecule has 114 valence electrons. The Balaban J connectivity index is 2.99. The number of hydrogen-bond donors (Lipinski definition) is 2. The summed E-state index contributed by atoms with van der Waals surface area (Å²) < 4.78 is 10.2. The molecule has 0 atom stereocenters. The molecular formula is C13H25N5O2. The van der Waals surface area contributed by atoms with Crippen LogP contribution in [0.4, 0.5) is 11.6 Å². The van der Waals surface area contributed by atoms with E-state index in [1.807, 2.05) is 6.07 Å². The molecule has 7 nitrogen and oxygen atoms in total. The first kappa shape index (κ1) is 16.6. The molecule has 0 bridgehead atoms. The molecule has 20 heavy (non-hydrogen) atoms. The maximum Gasteiger partial charge on any atom is 0.158 e. The quantitative estimate of drug-likeness (QED) is 0.517. The van der Waals surface area contributed by atoms with Crippen molar-refractivity contribution in [1.29, 1.82) is 0 Å². The molecule has 1 rings (SSSR count). The molecule has 0 spiro atoms. The van der Waals surface area contributed by atoms with Gasteiger partial charge in [-0.05, 0) is 5.92 Å². The predicted octanol–water partition coefficient (Wildman–Crippen LogP) is 1.02. The Hall–Kier alpha value is -1.44. The van der Waals surface area contributed by atoms with Gasteiger partial charge in [0.25, 0.3) is 0 Å². The number of methoxy groups -OCH3 is 2. The summed E-state index contributed by atoms with van der Waals surface area (Å²) in [6.45, 7) is 6.97. The zero-order valence-corrected chi connectivity index (χ0v) is 12.7. The Morgan fingerprint density at radius 2 is 2.05 bits per heavy atom. The van der Waals surface area contributed by atoms with Gasteiger partial charge < -0.3 is 19.8 Å². The van der Waals surface area contributed by atoms with Gasteiger partial charge in [0.15, 0.2) is 5.82 Å². The highest BCUT2D eigenvalue weighted by atomic mass is 16.5. The first-order valence-corrected chi connectivity index (χ1v) is 6.68. The molecule has 1 aromatic rings. The smallest absolute Gasteiger partial charge is 0.158 e. The second-order valence-corrected chi connectivity index (χ2v) is 4.94. The summed E-state index contributed by atoms with van der Waals surface area (Å²) in [5, 5.41) is 0. The Morgan fingerprint density at radius 1 is 1.30 bits per heavy atom. The van der Waals surface area contributed by atoms with Crippen LogP contribution in [0.15, 0.2) is 6.07 Å². The Labute approximate surface area is 120 Å². The van der Waals surface area contributed by atoms with E-state index in [-0.39, 0.29) is 0 Å². The van der Waals surface area contributed by atoms with Gasteiger partial charge in [0.2, 0.25) is 0 Å². The second-order valence-electron chi connectivity index (χ2n) is 4.94. The number of nitrogens with two attached hydrogens (primary N) is 1. The van der Waals surface area contributed by atoms with E-state index in [4.69, 9.17) is 15.3 Å². The summed E-state index contributed by atoms with van der Waals surface area (Å²) in [5.74, 6) is 7.98. The van der Waals surface area contributed by atoms with Crippen molar-refractivity contribution in [3.05, 3.63) is 11.9 Å². The molecule has 0 aromatic carbocycles. The summed E-state index contributed by atoms with van der Waals surface area (Å²) in [6, 6.07) is 1.83. The van der Waals surface area contributed by atoms with Gasteiger partial charge in [-0.3, -0.25) is 0 Å². The number of hydrogen-bond acceptors (Lipinski definition) is 7. The SMILES string of the molecule is COCCN(CC(C)C)c1cc(NN)nc(COC)n1. The lowest BCUT2D eigenvalue weighted by Gasteiger charge is -2.26. The van der Waals surface area contributed by atoms with E-state index >= 15 is 0 Å². The van der Waals surface area contributed by atoms with Crippen LogP contribution in [0.1, 0.15) is 19.7 Å². The third-order valence-corrected chi connectivity index (χ3v) is 2.66. The van der Waals surface area contributed by atoms with Crippen molar-refractivity contribution in [3.63, 3.8) is 0 Å². The molecule has 0 fully saturated rings. The summed E-state index contributed by atoms with van der Waals surface area (Å²) in [4.78, 5) is 10.9. The van der Waals surface area contributed by atoms with Gasteiger partial charge >= 0.3 is 0 Å². The summed E-state index contributed by atoms with van der Waals surface area (Å²) in [5.41, 5.74) is 2.57. The third kappa shape index (κ3) is 5.28. The van der Waals surface area contributed by atoms with Crippen LogP contribution in [0, 0.1) is 5.92 Å². The minimum Gasteiger partial charge on any atom is -0.383 e. The molecule has 1 aromatic heterocycles.